The highest BCUT2D eigenvalue weighted by Crippen LogP contribution is 2.37. The highest BCUT2D eigenvalue weighted by molar-refractivity contribution is 5.40. The van der Waals surface area contributed by atoms with E-state index >= 15 is 0 Å². The summed E-state index contributed by atoms with van der Waals surface area (Å²) in [6.45, 7) is 4.28. The van der Waals surface area contributed by atoms with E-state index in [2.05, 4.69) is 61.7 Å². The Morgan fingerprint density at radius 2 is 1.90 bits per heavy atom. The molecule has 0 heterocycles. The van der Waals surface area contributed by atoms with Crippen molar-refractivity contribution in [1.29, 1.82) is 0 Å². The molecule has 0 saturated heterocycles. The van der Waals surface area contributed by atoms with Gasteiger partial charge in [0.15, 0.2) is 0 Å². The van der Waals surface area contributed by atoms with Crippen molar-refractivity contribution in [3.63, 3.8) is 0 Å². The van der Waals surface area contributed by atoms with Crippen LogP contribution in [0.25, 0.3) is 0 Å². The second-order valence-corrected chi connectivity index (χ2v) is 6.26. The van der Waals surface area contributed by atoms with Crippen LogP contribution >= 0.6 is 0 Å². The Morgan fingerprint density at radius 1 is 1.10 bits per heavy atom. The molecule has 0 amide bonds. The van der Waals surface area contributed by atoms with Gasteiger partial charge < -0.3 is 0 Å². The van der Waals surface area contributed by atoms with Crippen LogP contribution in [0.15, 0.2) is 42.5 Å². The van der Waals surface area contributed by atoms with E-state index in [4.69, 9.17) is 5.84 Å². The molecule has 0 bridgehead atoms. The van der Waals surface area contributed by atoms with E-state index in [1.165, 1.54) is 47.1 Å². The summed E-state index contributed by atoms with van der Waals surface area (Å²) in [4.78, 5) is 0. The van der Waals surface area contributed by atoms with Crippen molar-refractivity contribution in [2.24, 2.45) is 5.84 Å². The van der Waals surface area contributed by atoms with Gasteiger partial charge >= 0.3 is 0 Å². The molecular weight excluding hydrogens is 256 g/mol. The molecule has 1 unspecified atom stereocenters. The molecule has 2 aromatic rings. The predicted molar refractivity (Wildman–Crippen MR) is 88.1 cm³/mol. The van der Waals surface area contributed by atoms with Crippen LogP contribution < -0.4 is 11.3 Å². The largest absolute Gasteiger partial charge is 0.271 e. The van der Waals surface area contributed by atoms with Gasteiger partial charge in [-0.05, 0) is 54.9 Å². The first-order valence-corrected chi connectivity index (χ1v) is 7.82. The van der Waals surface area contributed by atoms with Crippen LogP contribution in [0.5, 0.6) is 0 Å². The van der Waals surface area contributed by atoms with E-state index in [0.29, 0.717) is 0 Å². The summed E-state index contributed by atoms with van der Waals surface area (Å²) in [6, 6.07) is 15.5. The van der Waals surface area contributed by atoms with Gasteiger partial charge in [0.2, 0.25) is 0 Å². The maximum atomic E-state index is 5.87. The lowest BCUT2D eigenvalue weighted by Crippen LogP contribution is -2.29. The number of nitrogens with one attached hydrogen (secondary N) is 1. The Kier molecular flexibility index (Phi) is 4.09. The van der Waals surface area contributed by atoms with E-state index in [1.807, 2.05) is 0 Å². The Morgan fingerprint density at radius 3 is 2.52 bits per heavy atom. The highest BCUT2D eigenvalue weighted by atomic mass is 15.2. The topological polar surface area (TPSA) is 38.0 Å². The second kappa shape index (κ2) is 6.00. The SMILES string of the molecule is Cc1ccc(C(NN)c2cccc(C3CCC3)c2)c(C)c1. The molecule has 3 rings (SSSR count). The smallest absolute Gasteiger partial charge is 0.0712 e. The van der Waals surface area contributed by atoms with E-state index in [9.17, 15) is 0 Å². The van der Waals surface area contributed by atoms with Crippen LogP contribution in [-0.4, -0.2) is 0 Å². The summed E-state index contributed by atoms with van der Waals surface area (Å²) in [5.74, 6) is 6.62. The van der Waals surface area contributed by atoms with Crippen molar-refractivity contribution >= 4 is 0 Å². The summed E-state index contributed by atoms with van der Waals surface area (Å²) in [7, 11) is 0. The number of aryl methyl sites for hydroxylation is 2. The van der Waals surface area contributed by atoms with Crippen LogP contribution in [0, 0.1) is 13.8 Å². The number of rotatable bonds is 4. The minimum absolute atomic E-state index is 0.0608. The van der Waals surface area contributed by atoms with Gasteiger partial charge in [-0.2, -0.15) is 0 Å². The second-order valence-electron chi connectivity index (χ2n) is 6.26. The Labute approximate surface area is 127 Å². The Balaban J connectivity index is 1.95. The molecule has 2 heteroatoms. The molecule has 0 radical (unpaired) electrons. The van der Waals surface area contributed by atoms with Crippen LogP contribution in [-0.2, 0) is 0 Å². The van der Waals surface area contributed by atoms with Crippen molar-refractivity contribution in [3.8, 4) is 0 Å². The van der Waals surface area contributed by atoms with Gasteiger partial charge in [-0.1, -0.05) is 54.4 Å². The lowest BCUT2D eigenvalue weighted by Gasteiger charge is -2.27. The summed E-state index contributed by atoms with van der Waals surface area (Å²) < 4.78 is 0. The summed E-state index contributed by atoms with van der Waals surface area (Å²) in [6.07, 6.45) is 4.02. The average Bonchev–Trinajstić information content (AvgIpc) is 2.40. The molecule has 2 nitrogen and oxygen atoms in total. The average molecular weight is 280 g/mol. The van der Waals surface area contributed by atoms with Crippen LogP contribution in [0.1, 0.15) is 59.0 Å². The van der Waals surface area contributed by atoms with E-state index in [1.54, 1.807) is 0 Å². The van der Waals surface area contributed by atoms with Gasteiger partial charge in [0.25, 0.3) is 0 Å². The lowest BCUT2D eigenvalue weighted by molar-refractivity contribution is 0.419. The van der Waals surface area contributed by atoms with Gasteiger partial charge in [0, 0.05) is 0 Å². The van der Waals surface area contributed by atoms with E-state index < -0.39 is 0 Å². The van der Waals surface area contributed by atoms with Crippen molar-refractivity contribution in [2.45, 2.75) is 45.1 Å². The predicted octanol–water partition coefficient (Wildman–Crippen LogP) is 4.12. The quantitative estimate of drug-likeness (QED) is 0.653. The van der Waals surface area contributed by atoms with Crippen LogP contribution in [0.2, 0.25) is 0 Å². The Bertz CT molecular complexity index is 629. The molecule has 0 spiro atoms. The molecule has 1 aliphatic carbocycles. The summed E-state index contributed by atoms with van der Waals surface area (Å²) >= 11 is 0. The zero-order chi connectivity index (χ0) is 14.8. The Hall–Kier alpha value is -1.64. The maximum Gasteiger partial charge on any atom is 0.0712 e. The fourth-order valence-electron chi connectivity index (χ4n) is 3.25. The number of nitrogens with two attached hydrogens (primary N) is 1. The standard InChI is InChI=1S/C19H24N2/c1-13-9-10-18(14(2)11-13)19(21-20)17-8-4-7-16(12-17)15-5-3-6-15/h4,7-12,15,19,21H,3,5-6,20H2,1-2H3. The number of benzene rings is 2. The number of hydrazine groups is 1. The van der Waals surface area contributed by atoms with Gasteiger partial charge in [0.05, 0.1) is 6.04 Å². The third-order valence-electron chi connectivity index (χ3n) is 4.72. The molecule has 1 aliphatic rings. The van der Waals surface area contributed by atoms with E-state index in [0.717, 1.165) is 5.92 Å². The first-order valence-electron chi connectivity index (χ1n) is 7.82. The zero-order valence-corrected chi connectivity index (χ0v) is 12.9. The number of hydrogen-bond acceptors (Lipinski definition) is 2. The lowest BCUT2D eigenvalue weighted by atomic mass is 9.79. The molecule has 110 valence electrons. The number of hydrogen-bond donors (Lipinski definition) is 2. The highest BCUT2D eigenvalue weighted by Gasteiger charge is 2.21. The minimum atomic E-state index is 0.0608. The third kappa shape index (κ3) is 2.87. The zero-order valence-electron chi connectivity index (χ0n) is 12.9. The van der Waals surface area contributed by atoms with Crippen molar-refractivity contribution < 1.29 is 0 Å². The molecule has 21 heavy (non-hydrogen) atoms. The minimum Gasteiger partial charge on any atom is -0.271 e. The maximum absolute atomic E-state index is 5.87. The van der Waals surface area contributed by atoms with Gasteiger partial charge in [-0.15, -0.1) is 0 Å². The normalized spacial score (nSPS) is 16.5. The molecule has 1 atom stereocenters. The molecule has 1 saturated carbocycles. The van der Waals surface area contributed by atoms with Gasteiger partial charge in [-0.25, -0.2) is 5.43 Å². The molecule has 0 aliphatic heterocycles. The third-order valence-corrected chi connectivity index (χ3v) is 4.72. The van der Waals surface area contributed by atoms with Crippen molar-refractivity contribution in [3.05, 3.63) is 70.3 Å². The fourth-order valence-corrected chi connectivity index (χ4v) is 3.25. The monoisotopic (exact) mass is 280 g/mol. The van der Waals surface area contributed by atoms with Crippen LogP contribution in [0.4, 0.5) is 0 Å². The van der Waals surface area contributed by atoms with E-state index in [-0.39, 0.29) is 6.04 Å². The first-order chi connectivity index (χ1) is 10.2. The van der Waals surface area contributed by atoms with Crippen LogP contribution in [0.3, 0.4) is 0 Å². The fraction of sp³-hybridized carbons (Fsp3) is 0.368. The van der Waals surface area contributed by atoms with Crippen molar-refractivity contribution in [1.82, 2.24) is 5.43 Å². The molecule has 1 fully saturated rings. The van der Waals surface area contributed by atoms with Crippen molar-refractivity contribution in [2.75, 3.05) is 0 Å². The first kappa shape index (κ1) is 14.3. The summed E-state index contributed by atoms with van der Waals surface area (Å²) in [5, 5.41) is 0. The molecule has 2 aromatic carbocycles. The molecular formula is C19H24N2. The van der Waals surface area contributed by atoms with Gasteiger partial charge in [0.1, 0.15) is 0 Å². The molecule has 3 N–H and O–H groups in total. The molecule has 0 aromatic heterocycles. The van der Waals surface area contributed by atoms with Gasteiger partial charge in [-0.3, -0.25) is 5.84 Å². The summed E-state index contributed by atoms with van der Waals surface area (Å²) in [5.41, 5.74) is 9.55.